The maximum absolute atomic E-state index is 5.87. The van der Waals surface area contributed by atoms with E-state index in [9.17, 15) is 0 Å². The fourth-order valence-electron chi connectivity index (χ4n) is 5.36. The van der Waals surface area contributed by atoms with E-state index in [1.807, 2.05) is 0 Å². The van der Waals surface area contributed by atoms with Crippen LogP contribution in [0, 0.1) is 19.8 Å². The van der Waals surface area contributed by atoms with Gasteiger partial charge in [-0.3, -0.25) is 0 Å². The standard InChI is InChI=1S/C31H46O/c1-5-7-9-10-26-11-13-29(14-12-26)30-18-17-27(24(3)22-30)15-16-28-19-20-31(23-25(28)4)32-21-8-6-2/h17-20,22-23,26,29H,5-16,21H2,1-4H3/t26-,29-. The molecule has 1 nitrogen and oxygen atoms in total. The third-order valence-electron chi connectivity index (χ3n) is 7.65. The lowest BCUT2D eigenvalue weighted by atomic mass is 9.76. The Hall–Kier alpha value is -1.76. The van der Waals surface area contributed by atoms with Crippen molar-refractivity contribution in [1.29, 1.82) is 0 Å². The van der Waals surface area contributed by atoms with Crippen LogP contribution in [0.25, 0.3) is 0 Å². The molecule has 1 aliphatic carbocycles. The Bertz CT molecular complexity index is 813. The maximum Gasteiger partial charge on any atom is 0.119 e. The van der Waals surface area contributed by atoms with Crippen molar-refractivity contribution in [3.63, 3.8) is 0 Å². The molecule has 1 saturated carbocycles. The van der Waals surface area contributed by atoms with Gasteiger partial charge in [-0.05, 0) is 111 Å². The largest absolute Gasteiger partial charge is 0.494 e. The van der Waals surface area contributed by atoms with Crippen molar-refractivity contribution in [2.75, 3.05) is 6.61 Å². The van der Waals surface area contributed by atoms with Crippen molar-refractivity contribution in [1.82, 2.24) is 0 Å². The average Bonchev–Trinajstić information content (AvgIpc) is 2.80. The second kappa shape index (κ2) is 13.1. The first kappa shape index (κ1) is 24.9. The van der Waals surface area contributed by atoms with E-state index in [1.165, 1.54) is 80.0 Å². The topological polar surface area (TPSA) is 9.23 Å². The van der Waals surface area contributed by atoms with Gasteiger partial charge in [0.25, 0.3) is 0 Å². The molecule has 0 atom stereocenters. The minimum Gasteiger partial charge on any atom is -0.494 e. The Balaban J connectivity index is 1.50. The average molecular weight is 435 g/mol. The number of unbranched alkanes of at least 4 members (excludes halogenated alkanes) is 3. The Morgan fingerprint density at radius 2 is 1.41 bits per heavy atom. The second-order valence-corrected chi connectivity index (χ2v) is 10.2. The number of benzene rings is 2. The van der Waals surface area contributed by atoms with Crippen LogP contribution in [0.1, 0.15) is 112 Å². The second-order valence-electron chi connectivity index (χ2n) is 10.2. The Labute approximate surface area is 198 Å². The number of hydrogen-bond acceptors (Lipinski definition) is 1. The van der Waals surface area contributed by atoms with Crippen molar-refractivity contribution in [2.45, 2.75) is 111 Å². The van der Waals surface area contributed by atoms with E-state index in [2.05, 4.69) is 64.1 Å². The van der Waals surface area contributed by atoms with Crippen LogP contribution in [0.3, 0.4) is 0 Å². The van der Waals surface area contributed by atoms with Crippen molar-refractivity contribution in [3.8, 4) is 5.75 Å². The van der Waals surface area contributed by atoms with E-state index in [-0.39, 0.29) is 0 Å². The quantitative estimate of drug-likeness (QED) is 0.303. The van der Waals surface area contributed by atoms with Crippen molar-refractivity contribution in [2.24, 2.45) is 5.92 Å². The molecule has 0 heterocycles. The van der Waals surface area contributed by atoms with Crippen LogP contribution in [0.2, 0.25) is 0 Å². The molecule has 1 fully saturated rings. The normalized spacial score (nSPS) is 18.6. The van der Waals surface area contributed by atoms with Crippen LogP contribution in [-0.4, -0.2) is 6.61 Å². The Kier molecular flexibility index (Phi) is 10.2. The van der Waals surface area contributed by atoms with Crippen molar-refractivity contribution >= 4 is 0 Å². The van der Waals surface area contributed by atoms with Crippen LogP contribution in [0.15, 0.2) is 36.4 Å². The van der Waals surface area contributed by atoms with Gasteiger partial charge in [0, 0.05) is 0 Å². The third-order valence-corrected chi connectivity index (χ3v) is 7.65. The number of ether oxygens (including phenoxy) is 1. The van der Waals surface area contributed by atoms with E-state index < -0.39 is 0 Å². The van der Waals surface area contributed by atoms with Gasteiger partial charge in [-0.2, -0.15) is 0 Å². The van der Waals surface area contributed by atoms with E-state index in [1.54, 1.807) is 5.56 Å². The summed E-state index contributed by atoms with van der Waals surface area (Å²) in [6.07, 6.45) is 15.8. The highest BCUT2D eigenvalue weighted by Gasteiger charge is 2.22. The molecule has 32 heavy (non-hydrogen) atoms. The van der Waals surface area contributed by atoms with E-state index >= 15 is 0 Å². The zero-order valence-corrected chi connectivity index (χ0v) is 21.2. The Morgan fingerprint density at radius 3 is 2.03 bits per heavy atom. The fraction of sp³-hybridized carbons (Fsp3) is 0.613. The number of rotatable bonds is 12. The maximum atomic E-state index is 5.87. The molecule has 0 aromatic heterocycles. The molecule has 0 aliphatic heterocycles. The summed E-state index contributed by atoms with van der Waals surface area (Å²) in [7, 11) is 0. The zero-order valence-electron chi connectivity index (χ0n) is 21.2. The SMILES string of the molecule is CCCCC[C@H]1CC[C@H](c2ccc(CCc3ccc(OCCCC)cc3C)c(C)c2)CC1. The summed E-state index contributed by atoms with van der Waals surface area (Å²) in [5.74, 6) is 2.79. The molecular formula is C31H46O. The third kappa shape index (κ3) is 7.39. The van der Waals surface area contributed by atoms with E-state index in [0.29, 0.717) is 0 Å². The van der Waals surface area contributed by atoms with Gasteiger partial charge in [-0.1, -0.05) is 70.2 Å². The summed E-state index contributed by atoms with van der Waals surface area (Å²) in [5.41, 5.74) is 7.36. The first-order valence-electron chi connectivity index (χ1n) is 13.4. The molecule has 0 N–H and O–H groups in total. The molecule has 2 aromatic carbocycles. The molecular weight excluding hydrogens is 388 g/mol. The van der Waals surface area contributed by atoms with Crippen LogP contribution >= 0.6 is 0 Å². The summed E-state index contributed by atoms with van der Waals surface area (Å²) in [4.78, 5) is 0. The minimum atomic E-state index is 0.785. The predicted molar refractivity (Wildman–Crippen MR) is 139 cm³/mol. The summed E-state index contributed by atoms with van der Waals surface area (Å²) in [6.45, 7) is 9.86. The van der Waals surface area contributed by atoms with Gasteiger partial charge in [0.15, 0.2) is 0 Å². The molecule has 0 spiro atoms. The first-order chi connectivity index (χ1) is 15.6. The van der Waals surface area contributed by atoms with E-state index in [4.69, 9.17) is 4.74 Å². The van der Waals surface area contributed by atoms with Gasteiger partial charge >= 0.3 is 0 Å². The molecule has 0 unspecified atom stereocenters. The summed E-state index contributed by atoms with van der Waals surface area (Å²) in [6, 6.07) is 14.0. The highest BCUT2D eigenvalue weighted by atomic mass is 16.5. The predicted octanol–water partition coefficient (Wildman–Crippen LogP) is 9.12. The van der Waals surface area contributed by atoms with Crippen LogP contribution in [-0.2, 0) is 12.8 Å². The Morgan fingerprint density at radius 1 is 0.750 bits per heavy atom. The monoisotopic (exact) mass is 434 g/mol. The fourth-order valence-corrected chi connectivity index (χ4v) is 5.36. The van der Waals surface area contributed by atoms with Gasteiger partial charge < -0.3 is 4.74 Å². The summed E-state index contributed by atoms with van der Waals surface area (Å²) >= 11 is 0. The van der Waals surface area contributed by atoms with Crippen LogP contribution < -0.4 is 4.74 Å². The van der Waals surface area contributed by atoms with Gasteiger partial charge in [0.1, 0.15) is 5.75 Å². The molecule has 0 radical (unpaired) electrons. The molecule has 0 amide bonds. The first-order valence-corrected chi connectivity index (χ1v) is 13.4. The van der Waals surface area contributed by atoms with Crippen molar-refractivity contribution in [3.05, 3.63) is 64.2 Å². The van der Waals surface area contributed by atoms with Gasteiger partial charge in [0.2, 0.25) is 0 Å². The lowest BCUT2D eigenvalue weighted by Crippen LogP contribution is -2.13. The minimum absolute atomic E-state index is 0.785. The molecule has 0 saturated heterocycles. The highest BCUT2D eigenvalue weighted by Crippen LogP contribution is 2.38. The molecule has 176 valence electrons. The molecule has 3 rings (SSSR count). The molecule has 1 heteroatoms. The molecule has 1 aliphatic rings. The van der Waals surface area contributed by atoms with Gasteiger partial charge in [-0.15, -0.1) is 0 Å². The van der Waals surface area contributed by atoms with E-state index in [0.717, 1.165) is 43.5 Å². The summed E-state index contributed by atoms with van der Waals surface area (Å²) < 4.78 is 5.87. The van der Waals surface area contributed by atoms with Gasteiger partial charge in [-0.25, -0.2) is 0 Å². The highest BCUT2D eigenvalue weighted by molar-refractivity contribution is 5.37. The lowest BCUT2D eigenvalue weighted by Gasteiger charge is -2.29. The molecule has 0 bridgehead atoms. The van der Waals surface area contributed by atoms with Crippen molar-refractivity contribution < 1.29 is 4.74 Å². The number of aryl methyl sites for hydroxylation is 4. The lowest BCUT2D eigenvalue weighted by molar-refractivity contribution is 0.302. The zero-order chi connectivity index (χ0) is 22.8. The van der Waals surface area contributed by atoms with Crippen LogP contribution in [0.4, 0.5) is 0 Å². The smallest absolute Gasteiger partial charge is 0.119 e. The van der Waals surface area contributed by atoms with Crippen LogP contribution in [0.5, 0.6) is 5.75 Å². The molecule has 2 aromatic rings. The van der Waals surface area contributed by atoms with Gasteiger partial charge in [0.05, 0.1) is 6.61 Å². The summed E-state index contributed by atoms with van der Waals surface area (Å²) in [5, 5.41) is 0. The number of hydrogen-bond donors (Lipinski definition) is 0.